The molecule has 1 aliphatic carbocycles. The molecule has 0 unspecified atom stereocenters. The highest BCUT2D eigenvalue weighted by Crippen LogP contribution is 2.19. The summed E-state index contributed by atoms with van der Waals surface area (Å²) in [6.45, 7) is 2.67. The predicted molar refractivity (Wildman–Crippen MR) is 80.1 cm³/mol. The lowest BCUT2D eigenvalue weighted by molar-refractivity contribution is -0.121. The summed E-state index contributed by atoms with van der Waals surface area (Å²) in [5, 5.41) is 5.58. The second kappa shape index (κ2) is 6.97. The Morgan fingerprint density at radius 2 is 2.10 bits per heavy atom. The van der Waals surface area contributed by atoms with E-state index in [1.165, 1.54) is 0 Å². The van der Waals surface area contributed by atoms with Crippen LogP contribution < -0.4 is 21.1 Å². The summed E-state index contributed by atoms with van der Waals surface area (Å²) >= 11 is 0. The van der Waals surface area contributed by atoms with E-state index in [1.807, 2.05) is 6.92 Å². The molecule has 0 radical (unpaired) electrons. The highest BCUT2D eigenvalue weighted by molar-refractivity contribution is 5.95. The first-order valence-electron chi connectivity index (χ1n) is 7.19. The summed E-state index contributed by atoms with van der Waals surface area (Å²) in [4.78, 5) is 23.5. The Morgan fingerprint density at radius 1 is 1.33 bits per heavy atom. The van der Waals surface area contributed by atoms with Gasteiger partial charge in [-0.15, -0.1) is 0 Å². The number of nitrogens with one attached hydrogen (secondary N) is 2. The molecule has 2 amide bonds. The molecule has 1 aliphatic rings. The summed E-state index contributed by atoms with van der Waals surface area (Å²) in [7, 11) is 0. The number of ether oxygens (including phenoxy) is 1. The van der Waals surface area contributed by atoms with Crippen molar-refractivity contribution in [1.29, 1.82) is 0 Å². The Bertz CT molecular complexity index is 527. The van der Waals surface area contributed by atoms with Crippen molar-refractivity contribution in [2.75, 3.05) is 18.9 Å². The average molecular weight is 291 g/mol. The Kier molecular flexibility index (Phi) is 5.03. The number of anilines is 1. The third kappa shape index (κ3) is 4.98. The molecule has 21 heavy (non-hydrogen) atoms. The van der Waals surface area contributed by atoms with Gasteiger partial charge in [0.1, 0.15) is 5.75 Å². The highest BCUT2D eigenvalue weighted by atomic mass is 16.5. The molecule has 0 atom stereocenters. The molecule has 0 aliphatic heterocycles. The minimum atomic E-state index is -0.262. The van der Waals surface area contributed by atoms with Gasteiger partial charge in [0.25, 0.3) is 5.91 Å². The van der Waals surface area contributed by atoms with Gasteiger partial charge in [0.15, 0.2) is 0 Å². The van der Waals surface area contributed by atoms with E-state index < -0.39 is 0 Å². The van der Waals surface area contributed by atoms with Crippen LogP contribution in [0.1, 0.15) is 36.5 Å². The van der Waals surface area contributed by atoms with Crippen molar-refractivity contribution < 1.29 is 14.3 Å². The Morgan fingerprint density at radius 3 is 2.76 bits per heavy atom. The first kappa shape index (κ1) is 15.2. The van der Waals surface area contributed by atoms with Crippen LogP contribution >= 0.6 is 0 Å². The molecule has 0 spiro atoms. The Hall–Kier alpha value is -2.24. The van der Waals surface area contributed by atoms with Gasteiger partial charge >= 0.3 is 0 Å². The number of rotatable bonds is 7. The summed E-state index contributed by atoms with van der Waals surface area (Å²) in [6, 6.07) is 5.24. The third-order valence-corrected chi connectivity index (χ3v) is 3.08. The lowest BCUT2D eigenvalue weighted by Gasteiger charge is -2.09. The maximum absolute atomic E-state index is 12.0. The van der Waals surface area contributed by atoms with Crippen molar-refractivity contribution in [3.8, 4) is 5.75 Å². The number of benzene rings is 1. The molecule has 0 bridgehead atoms. The molecule has 0 heterocycles. The van der Waals surface area contributed by atoms with Gasteiger partial charge in [0, 0.05) is 36.3 Å². The van der Waals surface area contributed by atoms with Crippen molar-refractivity contribution in [2.24, 2.45) is 0 Å². The molecule has 1 saturated carbocycles. The highest BCUT2D eigenvalue weighted by Gasteiger charge is 2.22. The zero-order valence-corrected chi connectivity index (χ0v) is 12.1. The molecule has 1 aromatic carbocycles. The lowest BCUT2D eigenvalue weighted by Crippen LogP contribution is -2.31. The summed E-state index contributed by atoms with van der Waals surface area (Å²) in [5.41, 5.74) is 6.64. The fourth-order valence-corrected chi connectivity index (χ4v) is 1.92. The summed E-state index contributed by atoms with van der Waals surface area (Å²) in [6.07, 6.45) is 2.39. The van der Waals surface area contributed by atoms with Crippen molar-refractivity contribution in [1.82, 2.24) is 10.6 Å². The van der Waals surface area contributed by atoms with Gasteiger partial charge < -0.3 is 21.1 Å². The van der Waals surface area contributed by atoms with Gasteiger partial charge in [-0.05, 0) is 31.9 Å². The molecule has 6 nitrogen and oxygen atoms in total. The number of nitrogens with two attached hydrogens (primary N) is 1. The summed E-state index contributed by atoms with van der Waals surface area (Å²) < 4.78 is 5.35. The Labute approximate surface area is 124 Å². The second-order valence-electron chi connectivity index (χ2n) is 5.07. The molecule has 6 heteroatoms. The SMILES string of the molecule is CCOc1cc(N)cc(C(=O)NCCC(=O)NC2CC2)c1. The van der Waals surface area contributed by atoms with E-state index in [1.54, 1.807) is 18.2 Å². The van der Waals surface area contributed by atoms with Gasteiger partial charge in [-0.3, -0.25) is 9.59 Å². The lowest BCUT2D eigenvalue weighted by atomic mass is 10.1. The van der Waals surface area contributed by atoms with Crippen molar-refractivity contribution in [3.63, 3.8) is 0 Å². The van der Waals surface area contributed by atoms with Gasteiger partial charge in [-0.25, -0.2) is 0 Å². The number of amides is 2. The number of hydrogen-bond donors (Lipinski definition) is 3. The molecular formula is C15H21N3O3. The normalized spacial score (nSPS) is 13.6. The number of carbonyl (C=O) groups is 2. The van der Waals surface area contributed by atoms with Crippen molar-refractivity contribution >= 4 is 17.5 Å². The van der Waals surface area contributed by atoms with E-state index in [0.29, 0.717) is 36.2 Å². The number of nitrogen functional groups attached to an aromatic ring is 1. The van der Waals surface area contributed by atoms with Crippen LogP contribution in [-0.4, -0.2) is 31.0 Å². The van der Waals surface area contributed by atoms with Crippen molar-refractivity contribution in [2.45, 2.75) is 32.2 Å². The molecule has 114 valence electrons. The second-order valence-corrected chi connectivity index (χ2v) is 5.07. The van der Waals surface area contributed by atoms with Crippen LogP contribution in [0.15, 0.2) is 18.2 Å². The van der Waals surface area contributed by atoms with Crippen LogP contribution in [0.3, 0.4) is 0 Å². The largest absolute Gasteiger partial charge is 0.494 e. The monoisotopic (exact) mass is 291 g/mol. The fraction of sp³-hybridized carbons (Fsp3) is 0.467. The van der Waals surface area contributed by atoms with Crippen molar-refractivity contribution in [3.05, 3.63) is 23.8 Å². The molecule has 0 aromatic heterocycles. The van der Waals surface area contributed by atoms with Gasteiger partial charge in [0.2, 0.25) is 5.91 Å². The fourth-order valence-electron chi connectivity index (χ4n) is 1.92. The first-order chi connectivity index (χ1) is 10.1. The van der Waals surface area contributed by atoms with E-state index in [-0.39, 0.29) is 18.2 Å². The molecule has 1 aromatic rings. The van der Waals surface area contributed by atoms with Crippen LogP contribution in [-0.2, 0) is 4.79 Å². The van der Waals surface area contributed by atoms with Gasteiger partial charge in [-0.1, -0.05) is 0 Å². The van der Waals surface area contributed by atoms with Crippen LogP contribution in [0, 0.1) is 0 Å². The van der Waals surface area contributed by atoms with Gasteiger partial charge in [0.05, 0.1) is 6.61 Å². The molecule has 1 fully saturated rings. The predicted octanol–water partition coefficient (Wildman–Crippen LogP) is 1.07. The van der Waals surface area contributed by atoms with Crippen LogP contribution in [0.4, 0.5) is 5.69 Å². The van der Waals surface area contributed by atoms with E-state index in [0.717, 1.165) is 12.8 Å². The van der Waals surface area contributed by atoms with E-state index in [9.17, 15) is 9.59 Å². The minimum Gasteiger partial charge on any atom is -0.494 e. The quantitative estimate of drug-likeness (QED) is 0.655. The third-order valence-electron chi connectivity index (χ3n) is 3.08. The molecule has 4 N–H and O–H groups in total. The maximum atomic E-state index is 12.0. The van der Waals surface area contributed by atoms with E-state index >= 15 is 0 Å². The molecule has 0 saturated heterocycles. The Balaban J connectivity index is 1.82. The minimum absolute atomic E-state index is 0.0274. The molecular weight excluding hydrogens is 270 g/mol. The van der Waals surface area contributed by atoms with Crippen LogP contribution in [0.25, 0.3) is 0 Å². The van der Waals surface area contributed by atoms with E-state index in [2.05, 4.69) is 10.6 Å². The average Bonchev–Trinajstić information content (AvgIpc) is 3.22. The topological polar surface area (TPSA) is 93.4 Å². The first-order valence-corrected chi connectivity index (χ1v) is 7.19. The van der Waals surface area contributed by atoms with E-state index in [4.69, 9.17) is 10.5 Å². The van der Waals surface area contributed by atoms with Crippen LogP contribution in [0.5, 0.6) is 5.75 Å². The number of hydrogen-bond acceptors (Lipinski definition) is 4. The smallest absolute Gasteiger partial charge is 0.251 e. The zero-order valence-electron chi connectivity index (χ0n) is 12.1. The zero-order chi connectivity index (χ0) is 15.2. The summed E-state index contributed by atoms with van der Waals surface area (Å²) in [5.74, 6) is 0.275. The van der Waals surface area contributed by atoms with Crippen LogP contribution in [0.2, 0.25) is 0 Å². The number of carbonyl (C=O) groups excluding carboxylic acids is 2. The molecule has 2 rings (SSSR count). The maximum Gasteiger partial charge on any atom is 0.251 e. The standard InChI is InChI=1S/C15H21N3O3/c1-2-21-13-8-10(7-11(16)9-13)15(20)17-6-5-14(19)18-12-3-4-12/h7-9,12H,2-6,16H2,1H3,(H,17,20)(H,18,19). The van der Waals surface area contributed by atoms with Gasteiger partial charge in [-0.2, -0.15) is 0 Å².